The van der Waals surface area contributed by atoms with E-state index in [-0.39, 0.29) is 27.3 Å². The van der Waals surface area contributed by atoms with Gasteiger partial charge in [-0.2, -0.15) is 0 Å². The van der Waals surface area contributed by atoms with E-state index in [9.17, 15) is 13.2 Å². The first-order valence-corrected chi connectivity index (χ1v) is 8.81. The molecule has 1 saturated carbocycles. The molecule has 1 aromatic heterocycles. The number of nitrogens with zero attached hydrogens (tertiary/aromatic N) is 1. The summed E-state index contributed by atoms with van der Waals surface area (Å²) in [6.07, 6.45) is 4.17. The third-order valence-corrected chi connectivity index (χ3v) is 5.31. The van der Waals surface area contributed by atoms with Gasteiger partial charge in [-0.05, 0) is 35.7 Å². The van der Waals surface area contributed by atoms with Crippen LogP contribution in [0.5, 0.6) is 0 Å². The first-order chi connectivity index (χ1) is 9.34. The van der Waals surface area contributed by atoms with Gasteiger partial charge in [0.15, 0.2) is 10.4 Å². The Morgan fingerprint density at radius 2 is 2.10 bits per heavy atom. The van der Waals surface area contributed by atoms with Crippen LogP contribution >= 0.6 is 15.9 Å². The lowest BCUT2D eigenvalue weighted by molar-refractivity contribution is 0.0659. The fourth-order valence-corrected chi connectivity index (χ4v) is 4.08. The number of amides is 1. The predicted octanol–water partition coefficient (Wildman–Crippen LogP) is 2.09. The van der Waals surface area contributed by atoms with Gasteiger partial charge in [0.05, 0.1) is 0 Å². The van der Waals surface area contributed by atoms with Crippen LogP contribution in [0.4, 0.5) is 0 Å². The topological polar surface area (TPSA) is 93.6 Å². The molecule has 2 rings (SSSR count). The molecule has 2 N–H and O–H groups in total. The van der Waals surface area contributed by atoms with Crippen molar-refractivity contribution in [3.8, 4) is 0 Å². The Morgan fingerprint density at radius 1 is 1.50 bits per heavy atom. The van der Waals surface area contributed by atoms with E-state index in [1.165, 1.54) is 6.07 Å². The number of rotatable bonds is 4. The zero-order chi connectivity index (χ0) is 14.9. The first-order valence-electron chi connectivity index (χ1n) is 6.47. The molecule has 0 radical (unpaired) electrons. The molecule has 0 spiro atoms. The van der Waals surface area contributed by atoms with Crippen LogP contribution in [0.2, 0.25) is 0 Å². The van der Waals surface area contributed by atoms with Gasteiger partial charge in [0.2, 0.25) is 10.0 Å². The van der Waals surface area contributed by atoms with Gasteiger partial charge >= 0.3 is 0 Å². The Bertz CT molecular complexity index is 605. The minimum atomic E-state index is -3.91. The number of halogens is 1. The SMILES string of the molecule is CCN(C(=O)c1cc(S(N)(=O)=O)c(Br)o1)C1CCCC1. The molecule has 1 aliphatic rings. The van der Waals surface area contributed by atoms with Crippen LogP contribution in [0, 0.1) is 0 Å². The number of carbonyl (C=O) groups excluding carboxylic acids is 1. The van der Waals surface area contributed by atoms with Crippen molar-refractivity contribution in [3.05, 3.63) is 16.5 Å². The van der Waals surface area contributed by atoms with Gasteiger partial charge < -0.3 is 9.32 Å². The Balaban J connectivity index is 2.28. The Kier molecular flexibility index (Phi) is 4.55. The maximum Gasteiger partial charge on any atom is 0.289 e. The summed E-state index contributed by atoms with van der Waals surface area (Å²) in [6, 6.07) is 1.38. The van der Waals surface area contributed by atoms with Crippen LogP contribution in [0.25, 0.3) is 0 Å². The Hall–Kier alpha value is -0.860. The number of hydrogen-bond acceptors (Lipinski definition) is 4. The van der Waals surface area contributed by atoms with Crippen LogP contribution in [0.1, 0.15) is 43.2 Å². The zero-order valence-electron chi connectivity index (χ0n) is 11.1. The first kappa shape index (κ1) is 15.5. The highest BCUT2D eigenvalue weighted by molar-refractivity contribution is 9.10. The monoisotopic (exact) mass is 364 g/mol. The minimum Gasteiger partial charge on any atom is -0.443 e. The second-order valence-corrected chi connectivity index (χ2v) is 7.07. The molecule has 1 heterocycles. The van der Waals surface area contributed by atoms with Crippen LogP contribution in [-0.2, 0) is 10.0 Å². The Morgan fingerprint density at radius 3 is 2.55 bits per heavy atom. The molecular weight excluding hydrogens is 348 g/mol. The standard InChI is InChI=1S/C12H17BrN2O4S/c1-2-15(8-5-3-4-6-8)12(16)9-7-10(11(13)19-9)20(14,17)18/h7-8H,2-6H2,1H3,(H2,14,17,18). The van der Waals surface area contributed by atoms with Crippen molar-refractivity contribution in [2.75, 3.05) is 6.54 Å². The van der Waals surface area contributed by atoms with Gasteiger partial charge in [0.25, 0.3) is 5.91 Å². The van der Waals surface area contributed by atoms with Crippen LogP contribution in [0.15, 0.2) is 20.0 Å². The number of nitrogens with two attached hydrogens (primary N) is 1. The summed E-state index contributed by atoms with van der Waals surface area (Å²) in [6.45, 7) is 2.46. The molecule has 6 nitrogen and oxygen atoms in total. The van der Waals surface area contributed by atoms with Crippen LogP contribution in [-0.4, -0.2) is 31.8 Å². The van der Waals surface area contributed by atoms with Crippen molar-refractivity contribution >= 4 is 31.9 Å². The third-order valence-electron chi connectivity index (χ3n) is 3.54. The van der Waals surface area contributed by atoms with Crippen molar-refractivity contribution in [2.24, 2.45) is 5.14 Å². The summed E-state index contributed by atoms with van der Waals surface area (Å²) in [4.78, 5) is 14.0. The van der Waals surface area contributed by atoms with Gasteiger partial charge in [0, 0.05) is 18.7 Å². The number of hydrogen-bond donors (Lipinski definition) is 1. The number of furan rings is 1. The van der Waals surface area contributed by atoms with E-state index in [2.05, 4.69) is 15.9 Å². The summed E-state index contributed by atoms with van der Waals surface area (Å²) in [5.41, 5.74) is 0. The van der Waals surface area contributed by atoms with Crippen LogP contribution < -0.4 is 5.14 Å². The molecule has 0 aliphatic heterocycles. The average Bonchev–Trinajstić information content (AvgIpc) is 2.98. The van der Waals surface area contributed by atoms with Crippen molar-refractivity contribution in [1.82, 2.24) is 4.90 Å². The highest BCUT2D eigenvalue weighted by Crippen LogP contribution is 2.29. The molecule has 0 bridgehead atoms. The maximum atomic E-state index is 12.4. The molecule has 0 saturated heterocycles. The lowest BCUT2D eigenvalue weighted by Gasteiger charge is -2.26. The smallest absolute Gasteiger partial charge is 0.289 e. The molecule has 1 amide bonds. The van der Waals surface area contributed by atoms with Crippen molar-refractivity contribution < 1.29 is 17.6 Å². The molecule has 8 heteroatoms. The third kappa shape index (κ3) is 3.07. The second-order valence-electron chi connectivity index (χ2n) is 4.82. The maximum absolute atomic E-state index is 12.4. The van der Waals surface area contributed by atoms with Gasteiger partial charge in [-0.3, -0.25) is 4.79 Å². The largest absolute Gasteiger partial charge is 0.443 e. The number of carbonyl (C=O) groups is 1. The molecule has 20 heavy (non-hydrogen) atoms. The molecule has 0 atom stereocenters. The normalized spacial score (nSPS) is 16.6. The average molecular weight is 365 g/mol. The molecule has 0 aromatic carbocycles. The van der Waals surface area contributed by atoms with Gasteiger partial charge in [-0.15, -0.1) is 0 Å². The Labute approximate surface area is 126 Å². The van der Waals surface area contributed by atoms with Gasteiger partial charge in [-0.1, -0.05) is 12.8 Å². The summed E-state index contributed by atoms with van der Waals surface area (Å²) in [7, 11) is -3.91. The van der Waals surface area contributed by atoms with E-state index >= 15 is 0 Å². The molecule has 1 fully saturated rings. The van der Waals surface area contributed by atoms with Gasteiger partial charge in [0.1, 0.15) is 4.90 Å². The second kappa shape index (κ2) is 5.87. The van der Waals surface area contributed by atoms with Crippen molar-refractivity contribution in [3.63, 3.8) is 0 Å². The number of sulfonamides is 1. The molecule has 1 aromatic rings. The fourth-order valence-electron chi connectivity index (χ4n) is 2.58. The predicted molar refractivity (Wildman–Crippen MR) is 76.7 cm³/mol. The van der Waals surface area contributed by atoms with E-state index in [0.717, 1.165) is 25.7 Å². The molecule has 112 valence electrons. The van der Waals surface area contributed by atoms with Crippen molar-refractivity contribution in [1.29, 1.82) is 0 Å². The van der Waals surface area contributed by atoms with Crippen molar-refractivity contribution in [2.45, 2.75) is 43.5 Å². The van der Waals surface area contributed by atoms with E-state index in [4.69, 9.17) is 9.56 Å². The molecule has 1 aliphatic carbocycles. The summed E-state index contributed by atoms with van der Waals surface area (Å²) in [5, 5.41) is 5.06. The minimum absolute atomic E-state index is 0.00495. The summed E-state index contributed by atoms with van der Waals surface area (Å²) >= 11 is 2.98. The summed E-state index contributed by atoms with van der Waals surface area (Å²) in [5.74, 6) is -0.301. The van der Waals surface area contributed by atoms with E-state index in [1.807, 2.05) is 6.92 Å². The fraction of sp³-hybridized carbons (Fsp3) is 0.583. The highest BCUT2D eigenvalue weighted by atomic mass is 79.9. The van der Waals surface area contributed by atoms with E-state index < -0.39 is 10.0 Å². The lowest BCUT2D eigenvalue weighted by Crippen LogP contribution is -2.38. The lowest BCUT2D eigenvalue weighted by atomic mass is 10.2. The van der Waals surface area contributed by atoms with Crippen LogP contribution in [0.3, 0.4) is 0 Å². The zero-order valence-corrected chi connectivity index (χ0v) is 13.5. The highest BCUT2D eigenvalue weighted by Gasteiger charge is 2.30. The summed E-state index contributed by atoms with van der Waals surface area (Å²) < 4.78 is 27.9. The quantitative estimate of drug-likeness (QED) is 0.884. The molecule has 0 unspecified atom stereocenters. The molecular formula is C12H17BrN2O4S. The van der Waals surface area contributed by atoms with Gasteiger partial charge in [-0.25, -0.2) is 13.6 Å². The van der Waals surface area contributed by atoms with E-state index in [0.29, 0.717) is 6.54 Å². The van der Waals surface area contributed by atoms with E-state index in [1.54, 1.807) is 4.90 Å². The number of primary sulfonamides is 1.